The molecule has 2 heterocycles. The number of aromatic nitrogens is 1. The standard InChI is InChI=1S/C27H29FN4O3/c1-35-25-11-10-24(18-30-25)32(27(34)21-4-8-23(29)9-5-21)17-16-31-14-12-20(13-15-31)26(33)19-2-6-22(28)7-3-19/h2-11,18,20H,12-17,29H2,1H3. The van der Waals surface area contributed by atoms with Crippen LogP contribution in [-0.2, 0) is 0 Å². The Balaban J connectivity index is 1.40. The van der Waals surface area contributed by atoms with Gasteiger partial charge in [-0.3, -0.25) is 9.59 Å². The zero-order valence-corrected chi connectivity index (χ0v) is 19.7. The second kappa shape index (κ2) is 11.1. The smallest absolute Gasteiger partial charge is 0.258 e. The fraction of sp³-hybridized carbons (Fsp3) is 0.296. The number of nitrogen functional groups attached to an aromatic ring is 1. The van der Waals surface area contributed by atoms with E-state index in [0.717, 1.165) is 25.9 Å². The predicted octanol–water partition coefficient (Wildman–Crippen LogP) is 4.05. The van der Waals surface area contributed by atoms with Crippen LogP contribution in [0.25, 0.3) is 0 Å². The third-order valence-electron chi connectivity index (χ3n) is 6.37. The van der Waals surface area contributed by atoms with Crippen LogP contribution in [-0.4, -0.2) is 54.9 Å². The van der Waals surface area contributed by atoms with Gasteiger partial charge in [0.2, 0.25) is 5.88 Å². The Morgan fingerprint density at radius 3 is 2.29 bits per heavy atom. The molecule has 2 N–H and O–H groups in total. The van der Waals surface area contributed by atoms with Crippen molar-refractivity contribution in [2.45, 2.75) is 12.8 Å². The minimum atomic E-state index is -0.346. The number of nitrogens with zero attached hydrogens (tertiary/aromatic N) is 3. The third kappa shape index (κ3) is 6.02. The zero-order valence-electron chi connectivity index (χ0n) is 19.7. The quantitative estimate of drug-likeness (QED) is 0.390. The lowest BCUT2D eigenvalue weighted by Crippen LogP contribution is -2.43. The van der Waals surface area contributed by atoms with Gasteiger partial charge in [-0.25, -0.2) is 9.37 Å². The summed E-state index contributed by atoms with van der Waals surface area (Å²) in [5, 5.41) is 0. The Bertz CT molecular complexity index is 1140. The molecule has 1 aliphatic rings. The number of Topliss-reactive ketones (excluding diaryl/α,β-unsaturated/α-hetero) is 1. The minimum Gasteiger partial charge on any atom is -0.481 e. The maximum absolute atomic E-state index is 13.3. The number of methoxy groups -OCH3 is 1. The molecule has 0 atom stereocenters. The van der Waals surface area contributed by atoms with E-state index in [-0.39, 0.29) is 23.4 Å². The van der Waals surface area contributed by atoms with Crippen LogP contribution in [0.15, 0.2) is 66.9 Å². The summed E-state index contributed by atoms with van der Waals surface area (Å²) in [4.78, 5) is 34.3. The number of anilines is 2. The van der Waals surface area contributed by atoms with E-state index in [1.54, 1.807) is 60.7 Å². The van der Waals surface area contributed by atoms with Crippen molar-refractivity contribution in [3.05, 3.63) is 83.8 Å². The zero-order chi connectivity index (χ0) is 24.8. The van der Waals surface area contributed by atoms with Gasteiger partial charge in [-0.15, -0.1) is 0 Å². The number of hydrogen-bond acceptors (Lipinski definition) is 6. The lowest BCUT2D eigenvalue weighted by Gasteiger charge is -2.33. The second-order valence-electron chi connectivity index (χ2n) is 8.62. The van der Waals surface area contributed by atoms with E-state index in [1.165, 1.54) is 12.1 Å². The Hall–Kier alpha value is -3.78. The normalized spacial score (nSPS) is 14.5. The Labute approximate surface area is 204 Å². The van der Waals surface area contributed by atoms with Crippen LogP contribution in [0, 0.1) is 11.7 Å². The van der Waals surface area contributed by atoms with Gasteiger partial charge in [-0.1, -0.05) is 0 Å². The number of hydrogen-bond donors (Lipinski definition) is 1. The Morgan fingerprint density at radius 2 is 1.69 bits per heavy atom. The highest BCUT2D eigenvalue weighted by Gasteiger charge is 2.27. The highest BCUT2D eigenvalue weighted by molar-refractivity contribution is 6.06. The number of halogens is 1. The lowest BCUT2D eigenvalue weighted by atomic mass is 9.89. The van der Waals surface area contributed by atoms with Crippen LogP contribution in [0.2, 0.25) is 0 Å². The van der Waals surface area contributed by atoms with E-state index in [2.05, 4.69) is 9.88 Å². The number of piperidine rings is 1. The molecule has 7 nitrogen and oxygen atoms in total. The van der Waals surface area contributed by atoms with Crippen molar-refractivity contribution in [1.29, 1.82) is 0 Å². The van der Waals surface area contributed by atoms with Gasteiger partial charge in [0.15, 0.2) is 5.78 Å². The van der Waals surface area contributed by atoms with Gasteiger partial charge in [0.05, 0.1) is 19.0 Å². The molecule has 0 bridgehead atoms. The first-order chi connectivity index (χ1) is 16.9. The molecule has 1 amide bonds. The molecule has 1 fully saturated rings. The van der Waals surface area contributed by atoms with Gasteiger partial charge in [-0.05, 0) is 80.5 Å². The molecule has 3 aromatic rings. The summed E-state index contributed by atoms with van der Waals surface area (Å²) < 4.78 is 18.3. The molecule has 0 unspecified atom stereocenters. The average Bonchev–Trinajstić information content (AvgIpc) is 2.90. The Morgan fingerprint density at radius 1 is 1.03 bits per heavy atom. The molecule has 182 valence electrons. The van der Waals surface area contributed by atoms with Gasteiger partial charge in [0, 0.05) is 41.9 Å². The van der Waals surface area contributed by atoms with Crippen LogP contribution in [0.1, 0.15) is 33.6 Å². The van der Waals surface area contributed by atoms with Gasteiger partial charge < -0.3 is 20.3 Å². The fourth-order valence-electron chi connectivity index (χ4n) is 4.29. The first-order valence-corrected chi connectivity index (χ1v) is 11.6. The SMILES string of the molecule is COc1ccc(N(CCN2CCC(C(=O)c3ccc(F)cc3)CC2)C(=O)c2ccc(N)cc2)cn1. The Kier molecular flexibility index (Phi) is 7.72. The number of ether oxygens (including phenoxy) is 1. The highest BCUT2D eigenvalue weighted by Crippen LogP contribution is 2.23. The van der Waals surface area contributed by atoms with Crippen LogP contribution < -0.4 is 15.4 Å². The fourth-order valence-corrected chi connectivity index (χ4v) is 4.29. The molecule has 1 aliphatic heterocycles. The summed E-state index contributed by atoms with van der Waals surface area (Å²) in [5.74, 6) is -0.0227. The molecule has 2 aromatic carbocycles. The second-order valence-corrected chi connectivity index (χ2v) is 8.62. The molecule has 35 heavy (non-hydrogen) atoms. The number of ketones is 1. The molecule has 0 saturated carbocycles. The van der Waals surface area contributed by atoms with E-state index in [4.69, 9.17) is 10.5 Å². The van der Waals surface area contributed by atoms with Crippen LogP contribution in [0.5, 0.6) is 5.88 Å². The molecule has 0 radical (unpaired) electrons. The summed E-state index contributed by atoms with van der Waals surface area (Å²) in [6.45, 7) is 2.63. The van der Waals surface area contributed by atoms with Crippen molar-refractivity contribution in [2.24, 2.45) is 5.92 Å². The van der Waals surface area contributed by atoms with Gasteiger partial charge in [0.25, 0.3) is 5.91 Å². The van der Waals surface area contributed by atoms with Crippen molar-refractivity contribution in [3.8, 4) is 5.88 Å². The predicted molar refractivity (Wildman–Crippen MR) is 133 cm³/mol. The molecular weight excluding hydrogens is 447 g/mol. The number of likely N-dealkylation sites (tertiary alicyclic amines) is 1. The molecule has 0 spiro atoms. The van der Waals surface area contributed by atoms with Crippen molar-refractivity contribution >= 4 is 23.1 Å². The summed E-state index contributed by atoms with van der Waals surface area (Å²) >= 11 is 0. The summed E-state index contributed by atoms with van der Waals surface area (Å²) in [6.07, 6.45) is 3.08. The van der Waals surface area contributed by atoms with Crippen LogP contribution in [0.4, 0.5) is 15.8 Å². The number of amides is 1. The average molecular weight is 477 g/mol. The van der Waals surface area contributed by atoms with Gasteiger partial charge in [0.1, 0.15) is 5.82 Å². The molecule has 4 rings (SSSR count). The number of nitrogens with two attached hydrogens (primary N) is 1. The van der Waals surface area contributed by atoms with E-state index < -0.39 is 0 Å². The molecular formula is C27H29FN4O3. The van der Waals surface area contributed by atoms with Crippen LogP contribution >= 0.6 is 0 Å². The number of rotatable bonds is 8. The largest absolute Gasteiger partial charge is 0.481 e. The van der Waals surface area contributed by atoms with E-state index in [1.807, 2.05) is 6.07 Å². The number of carbonyl (C=O) groups excluding carboxylic acids is 2. The third-order valence-corrected chi connectivity index (χ3v) is 6.37. The van der Waals surface area contributed by atoms with Crippen molar-refractivity contribution < 1.29 is 18.7 Å². The van der Waals surface area contributed by atoms with E-state index >= 15 is 0 Å². The number of pyridine rings is 1. The summed E-state index contributed by atoms with van der Waals surface area (Å²) in [5.41, 5.74) is 8.15. The van der Waals surface area contributed by atoms with Crippen molar-refractivity contribution in [2.75, 3.05) is 43.9 Å². The first kappa shape index (κ1) is 24.3. The number of carbonyl (C=O) groups is 2. The topological polar surface area (TPSA) is 88.8 Å². The van der Waals surface area contributed by atoms with Crippen molar-refractivity contribution in [1.82, 2.24) is 9.88 Å². The minimum absolute atomic E-state index is 0.0640. The summed E-state index contributed by atoms with van der Waals surface area (Å²) in [6, 6.07) is 16.1. The van der Waals surface area contributed by atoms with Gasteiger partial charge in [-0.2, -0.15) is 0 Å². The highest BCUT2D eigenvalue weighted by atomic mass is 19.1. The first-order valence-electron chi connectivity index (χ1n) is 11.6. The molecule has 0 aliphatic carbocycles. The number of benzene rings is 2. The van der Waals surface area contributed by atoms with E-state index in [9.17, 15) is 14.0 Å². The summed E-state index contributed by atoms with van der Waals surface area (Å²) in [7, 11) is 1.55. The monoisotopic (exact) mass is 476 g/mol. The molecule has 1 aromatic heterocycles. The lowest BCUT2D eigenvalue weighted by molar-refractivity contribution is 0.0841. The maximum Gasteiger partial charge on any atom is 0.258 e. The van der Waals surface area contributed by atoms with Crippen molar-refractivity contribution in [3.63, 3.8) is 0 Å². The molecule has 8 heteroatoms. The van der Waals surface area contributed by atoms with E-state index in [0.29, 0.717) is 41.5 Å². The van der Waals surface area contributed by atoms with Gasteiger partial charge >= 0.3 is 0 Å². The maximum atomic E-state index is 13.3. The van der Waals surface area contributed by atoms with Crippen LogP contribution in [0.3, 0.4) is 0 Å². The molecule has 1 saturated heterocycles.